The molecule has 0 radical (unpaired) electrons. The molecule has 170 valence electrons. The molecule has 0 fully saturated rings. The fourth-order valence-corrected chi connectivity index (χ4v) is 5.17. The molecule has 0 saturated heterocycles. The average molecular weight is 538 g/mol. The molecule has 4 aromatic rings. The van der Waals surface area contributed by atoms with Gasteiger partial charge in [-0.25, -0.2) is 9.38 Å². The maximum Gasteiger partial charge on any atom is 0.271 e. The van der Waals surface area contributed by atoms with E-state index in [9.17, 15) is 14.0 Å². The molecule has 9 heteroatoms. The highest BCUT2D eigenvalue weighted by molar-refractivity contribution is 9.10. The summed E-state index contributed by atoms with van der Waals surface area (Å²) in [5.41, 5.74) is 1.70. The highest BCUT2D eigenvalue weighted by Crippen LogP contribution is 2.31. The van der Waals surface area contributed by atoms with Crippen LogP contribution in [-0.4, -0.2) is 10.5 Å². The zero-order valence-electron chi connectivity index (χ0n) is 17.8. The van der Waals surface area contributed by atoms with Gasteiger partial charge in [0, 0.05) is 11.8 Å². The predicted molar refractivity (Wildman–Crippen MR) is 132 cm³/mol. The first kappa shape index (κ1) is 22.2. The molecule has 1 aliphatic rings. The number of rotatable bonds is 4. The molecular weight excluding hydrogens is 521 g/mol. The number of carbonyl (C=O) groups is 1. The van der Waals surface area contributed by atoms with Crippen molar-refractivity contribution in [2.24, 2.45) is 4.99 Å². The van der Waals surface area contributed by atoms with Gasteiger partial charge in [-0.1, -0.05) is 41.7 Å². The van der Waals surface area contributed by atoms with Gasteiger partial charge in [0.1, 0.15) is 11.6 Å². The number of para-hydroxylation sites is 1. The number of anilines is 1. The molecule has 5 rings (SSSR count). The SMILES string of the molecule is CC1=C(C(=O)Nc2ccccc2)C(c2ccc(F)cc2)n2c(s/c(=C\c3ccc(Br)o3)c2=O)=N1. The van der Waals surface area contributed by atoms with E-state index in [0.717, 1.165) is 0 Å². The number of carbonyl (C=O) groups excluding carboxylic acids is 1. The normalized spacial score (nSPS) is 15.7. The Morgan fingerprint density at radius 1 is 1.15 bits per heavy atom. The minimum Gasteiger partial charge on any atom is -0.450 e. The van der Waals surface area contributed by atoms with Crippen molar-refractivity contribution in [3.8, 4) is 0 Å². The summed E-state index contributed by atoms with van der Waals surface area (Å²) in [6, 6.07) is 17.5. The summed E-state index contributed by atoms with van der Waals surface area (Å²) >= 11 is 4.46. The van der Waals surface area contributed by atoms with Crippen molar-refractivity contribution in [3.05, 3.63) is 119 Å². The number of nitrogens with one attached hydrogen (secondary N) is 1. The van der Waals surface area contributed by atoms with Crippen molar-refractivity contribution in [2.45, 2.75) is 13.0 Å². The van der Waals surface area contributed by atoms with E-state index in [1.807, 2.05) is 18.2 Å². The van der Waals surface area contributed by atoms with E-state index in [2.05, 4.69) is 26.2 Å². The predicted octanol–water partition coefficient (Wildman–Crippen LogP) is 4.37. The molecule has 0 spiro atoms. The van der Waals surface area contributed by atoms with Gasteiger partial charge in [0.15, 0.2) is 9.47 Å². The van der Waals surface area contributed by atoms with Gasteiger partial charge in [0.2, 0.25) is 0 Å². The molecule has 6 nitrogen and oxygen atoms in total. The van der Waals surface area contributed by atoms with Gasteiger partial charge in [-0.2, -0.15) is 0 Å². The number of halogens is 2. The summed E-state index contributed by atoms with van der Waals surface area (Å²) in [7, 11) is 0. The smallest absolute Gasteiger partial charge is 0.271 e. The molecule has 1 aliphatic heterocycles. The molecule has 1 amide bonds. The van der Waals surface area contributed by atoms with Gasteiger partial charge in [0.25, 0.3) is 11.5 Å². The van der Waals surface area contributed by atoms with Crippen molar-refractivity contribution in [3.63, 3.8) is 0 Å². The standard InChI is InChI=1S/C25H17BrFN3O3S/c1-14-21(23(31)29-17-5-3-2-4-6-17)22(15-7-9-16(27)10-8-15)30-24(32)19(34-25(30)28-14)13-18-11-12-20(26)33-18/h2-13,22H,1H3,(H,29,31)/b19-13-. The number of benzene rings is 2. The molecule has 0 saturated carbocycles. The van der Waals surface area contributed by atoms with Gasteiger partial charge < -0.3 is 9.73 Å². The minimum absolute atomic E-state index is 0.315. The van der Waals surface area contributed by atoms with Crippen molar-refractivity contribution in [1.82, 2.24) is 4.57 Å². The number of aromatic nitrogens is 1. The summed E-state index contributed by atoms with van der Waals surface area (Å²) in [5.74, 6) is -0.283. The Bertz CT molecular complexity index is 1600. The zero-order valence-corrected chi connectivity index (χ0v) is 20.2. The van der Waals surface area contributed by atoms with Crippen molar-refractivity contribution in [2.75, 3.05) is 5.32 Å². The molecule has 2 aromatic heterocycles. The first-order valence-corrected chi connectivity index (χ1v) is 11.9. The summed E-state index contributed by atoms with van der Waals surface area (Å²) in [5, 5.41) is 2.88. The Labute approximate surface area is 205 Å². The molecule has 0 aliphatic carbocycles. The third-order valence-corrected chi connectivity index (χ3v) is 6.76. The van der Waals surface area contributed by atoms with Gasteiger partial charge in [-0.05, 0) is 64.8 Å². The lowest BCUT2D eigenvalue weighted by atomic mass is 9.95. The van der Waals surface area contributed by atoms with Crippen molar-refractivity contribution >= 4 is 44.9 Å². The third-order valence-electron chi connectivity index (χ3n) is 5.35. The van der Waals surface area contributed by atoms with E-state index >= 15 is 0 Å². The molecule has 1 atom stereocenters. The third kappa shape index (κ3) is 4.20. The van der Waals surface area contributed by atoms with Crippen molar-refractivity contribution < 1.29 is 13.6 Å². The van der Waals surface area contributed by atoms with Gasteiger partial charge in [0.05, 0.1) is 21.8 Å². The Hall–Kier alpha value is -3.56. The number of allylic oxidation sites excluding steroid dienone is 1. The summed E-state index contributed by atoms with van der Waals surface area (Å²) < 4.78 is 21.7. The maximum atomic E-state index is 13.7. The van der Waals surface area contributed by atoms with Crippen LogP contribution in [0, 0.1) is 5.82 Å². The molecule has 3 heterocycles. The van der Waals surface area contributed by atoms with Gasteiger partial charge in [-0.3, -0.25) is 14.2 Å². The highest BCUT2D eigenvalue weighted by Gasteiger charge is 2.32. The Balaban J connectivity index is 1.68. The van der Waals surface area contributed by atoms with Crippen LogP contribution in [0.1, 0.15) is 24.3 Å². The van der Waals surface area contributed by atoms with E-state index in [1.54, 1.807) is 49.4 Å². The number of hydrogen-bond donors (Lipinski definition) is 1. The lowest BCUT2D eigenvalue weighted by molar-refractivity contribution is -0.113. The second kappa shape index (κ2) is 9.00. The average Bonchev–Trinajstić information content (AvgIpc) is 3.36. The minimum atomic E-state index is -0.772. The molecule has 1 N–H and O–H groups in total. The number of fused-ring (bicyclic) bond motifs is 1. The first-order chi connectivity index (χ1) is 16.4. The van der Waals surface area contributed by atoms with Crippen LogP contribution in [0.25, 0.3) is 6.08 Å². The van der Waals surface area contributed by atoms with Crippen LogP contribution in [-0.2, 0) is 4.79 Å². The van der Waals surface area contributed by atoms with E-state index in [4.69, 9.17) is 4.42 Å². The number of furan rings is 1. The summed E-state index contributed by atoms with van der Waals surface area (Å²) in [6.07, 6.45) is 1.64. The Morgan fingerprint density at radius 3 is 2.56 bits per heavy atom. The second-order valence-corrected chi connectivity index (χ2v) is 9.39. The van der Waals surface area contributed by atoms with E-state index in [1.165, 1.54) is 28.0 Å². The van der Waals surface area contributed by atoms with Crippen LogP contribution in [0.2, 0.25) is 0 Å². The number of amides is 1. The molecule has 34 heavy (non-hydrogen) atoms. The topological polar surface area (TPSA) is 76.6 Å². The number of nitrogens with zero attached hydrogens (tertiary/aromatic N) is 2. The molecule has 2 aromatic carbocycles. The Morgan fingerprint density at radius 2 is 1.88 bits per heavy atom. The highest BCUT2D eigenvalue weighted by atomic mass is 79.9. The fourth-order valence-electron chi connectivity index (χ4n) is 3.83. The van der Waals surface area contributed by atoms with Crippen molar-refractivity contribution in [1.29, 1.82) is 0 Å². The first-order valence-electron chi connectivity index (χ1n) is 10.3. The second-order valence-electron chi connectivity index (χ2n) is 7.60. The van der Waals surface area contributed by atoms with Crippen LogP contribution in [0.5, 0.6) is 0 Å². The fraction of sp³-hybridized carbons (Fsp3) is 0.0800. The quantitative estimate of drug-likeness (QED) is 0.420. The van der Waals surface area contributed by atoms with Crippen LogP contribution in [0.4, 0.5) is 10.1 Å². The largest absolute Gasteiger partial charge is 0.450 e. The van der Waals surface area contributed by atoms with Crippen LogP contribution in [0.15, 0.2) is 96.9 Å². The molecule has 0 bridgehead atoms. The van der Waals surface area contributed by atoms with E-state index in [-0.39, 0.29) is 11.5 Å². The summed E-state index contributed by atoms with van der Waals surface area (Å²) in [6.45, 7) is 1.73. The lowest BCUT2D eigenvalue weighted by Gasteiger charge is -2.25. The maximum absolute atomic E-state index is 13.7. The van der Waals surface area contributed by atoms with Gasteiger partial charge in [-0.15, -0.1) is 0 Å². The van der Waals surface area contributed by atoms with E-state index < -0.39 is 11.9 Å². The molecule has 1 unspecified atom stereocenters. The van der Waals surface area contributed by atoms with Crippen LogP contribution < -0.4 is 20.2 Å². The lowest BCUT2D eigenvalue weighted by Crippen LogP contribution is -2.40. The Kier molecular flexibility index (Phi) is 5.89. The van der Waals surface area contributed by atoms with E-state index in [0.29, 0.717) is 42.3 Å². The number of hydrogen-bond acceptors (Lipinski definition) is 5. The molecular formula is C25H17BrFN3O3S. The van der Waals surface area contributed by atoms with Gasteiger partial charge >= 0.3 is 0 Å². The van der Waals surface area contributed by atoms with Crippen LogP contribution >= 0.6 is 27.3 Å². The van der Waals surface area contributed by atoms with Crippen LogP contribution in [0.3, 0.4) is 0 Å². The summed E-state index contributed by atoms with van der Waals surface area (Å²) in [4.78, 5) is 31.9. The monoisotopic (exact) mass is 537 g/mol. The zero-order chi connectivity index (χ0) is 23.8. The number of thiazole rings is 1.